The lowest BCUT2D eigenvalue weighted by Crippen LogP contribution is -2.61. The van der Waals surface area contributed by atoms with Gasteiger partial charge in [-0.3, -0.25) is 0 Å². The Kier molecular flexibility index (Phi) is 8.85. The minimum Gasteiger partial charge on any atom is -0.392 e. The number of nitrogens with one attached hydrogen (secondary N) is 2. The van der Waals surface area contributed by atoms with Gasteiger partial charge in [-0.05, 0) is 102 Å². The van der Waals surface area contributed by atoms with Crippen molar-refractivity contribution in [3.8, 4) is 11.1 Å². The van der Waals surface area contributed by atoms with Crippen molar-refractivity contribution in [3.05, 3.63) is 126 Å². The normalized spacial score (nSPS) is 29.3. The van der Waals surface area contributed by atoms with Gasteiger partial charge in [-0.15, -0.1) is 0 Å². The van der Waals surface area contributed by atoms with Crippen molar-refractivity contribution in [2.24, 2.45) is 23.7 Å². The number of aliphatic hydroxyl groups is 1. The second-order valence-electron chi connectivity index (χ2n) is 16.0. The van der Waals surface area contributed by atoms with Gasteiger partial charge in [0.05, 0.1) is 42.7 Å². The first kappa shape index (κ1) is 33.3. The molecule has 0 unspecified atom stereocenters. The molecule has 4 aromatic carbocycles. The molecule has 5 fully saturated rings. The van der Waals surface area contributed by atoms with Gasteiger partial charge in [0.1, 0.15) is 0 Å². The summed E-state index contributed by atoms with van der Waals surface area (Å²) in [4.78, 5) is 17.7. The molecule has 1 saturated heterocycles. The number of fused-ring (bicyclic) bond motifs is 1. The number of nitrogens with zero attached hydrogens (tertiary/aromatic N) is 2. The molecule has 5 aliphatic rings. The Labute approximate surface area is 305 Å². The Balaban J connectivity index is 0.895. The average Bonchev–Trinajstić information content (AvgIpc) is 3.57. The summed E-state index contributed by atoms with van der Waals surface area (Å²) in [7, 11) is 0. The van der Waals surface area contributed by atoms with Crippen LogP contribution in [0.5, 0.6) is 0 Å². The number of ether oxygens (including phenoxy) is 2. The van der Waals surface area contributed by atoms with Gasteiger partial charge in [-0.2, -0.15) is 0 Å². The Morgan fingerprint density at radius 1 is 0.827 bits per heavy atom. The number of hydrogen-bond donors (Lipinski definition) is 3. The fourth-order valence-corrected chi connectivity index (χ4v) is 10.1. The van der Waals surface area contributed by atoms with Gasteiger partial charge in [0.25, 0.3) is 0 Å². The van der Waals surface area contributed by atoms with Crippen LogP contribution < -0.4 is 10.6 Å². The van der Waals surface area contributed by atoms with E-state index in [9.17, 15) is 9.90 Å². The molecule has 268 valence electrons. The predicted octanol–water partition coefficient (Wildman–Crippen LogP) is 8.46. The largest absolute Gasteiger partial charge is 0.392 e. The van der Waals surface area contributed by atoms with Gasteiger partial charge in [0.15, 0.2) is 6.29 Å². The zero-order chi connectivity index (χ0) is 35.2. The summed E-state index contributed by atoms with van der Waals surface area (Å²) in [5.41, 5.74) is 8.19. The van der Waals surface area contributed by atoms with Crippen LogP contribution in [0.1, 0.15) is 80.1 Å². The molecule has 8 heteroatoms. The van der Waals surface area contributed by atoms with Crippen LogP contribution in [0, 0.1) is 23.7 Å². The molecule has 5 aromatic rings. The number of aliphatic hydroxyl groups excluding tert-OH is 1. The van der Waals surface area contributed by atoms with E-state index in [1.807, 2.05) is 36.7 Å². The molecular formula is C44H48N4O4. The van der Waals surface area contributed by atoms with Gasteiger partial charge in [0.2, 0.25) is 0 Å². The van der Waals surface area contributed by atoms with Crippen LogP contribution in [-0.2, 0) is 29.2 Å². The molecule has 4 atom stereocenters. The minimum atomic E-state index is -0.560. The minimum absolute atomic E-state index is 0.00463. The number of carbonyl (C=O) groups excluding carboxylic acids is 1. The van der Waals surface area contributed by atoms with Gasteiger partial charge < -0.3 is 29.8 Å². The fraction of sp³-hybridized carbons (Fsp3) is 0.409. The lowest BCUT2D eigenvalue weighted by molar-refractivity contribution is -0.276. The van der Waals surface area contributed by atoms with E-state index in [0.717, 1.165) is 81.4 Å². The Hall–Kier alpha value is -4.50. The number of rotatable bonds is 9. The molecule has 1 aromatic heterocycles. The highest BCUT2D eigenvalue weighted by molar-refractivity contribution is 5.75. The van der Waals surface area contributed by atoms with E-state index in [0.29, 0.717) is 13.1 Å². The Bertz CT molecular complexity index is 2000. The van der Waals surface area contributed by atoms with Crippen molar-refractivity contribution in [3.63, 3.8) is 0 Å². The second-order valence-corrected chi connectivity index (χ2v) is 16.0. The maximum Gasteiger partial charge on any atom is 0.315 e. The summed E-state index contributed by atoms with van der Waals surface area (Å²) in [5.74, 6) is 2.45. The lowest BCUT2D eigenvalue weighted by Gasteiger charge is -2.56. The van der Waals surface area contributed by atoms with Crippen LogP contribution in [0.15, 0.2) is 103 Å². The highest BCUT2D eigenvalue weighted by atomic mass is 16.7. The molecule has 0 radical (unpaired) electrons. The fourth-order valence-electron chi connectivity index (χ4n) is 10.1. The third-order valence-corrected chi connectivity index (χ3v) is 12.3. The van der Waals surface area contributed by atoms with E-state index in [1.165, 1.54) is 19.3 Å². The number of para-hydroxylation sites is 2. The van der Waals surface area contributed by atoms with Gasteiger partial charge in [0, 0.05) is 23.6 Å². The number of carbonyl (C=O) groups is 1. The van der Waals surface area contributed by atoms with E-state index in [2.05, 4.69) is 93.8 Å². The molecule has 2 heterocycles. The number of urea groups is 1. The van der Waals surface area contributed by atoms with Crippen LogP contribution >= 0.6 is 0 Å². The monoisotopic (exact) mass is 696 g/mol. The first-order valence-electron chi connectivity index (χ1n) is 19.1. The Morgan fingerprint density at radius 3 is 2.27 bits per heavy atom. The third kappa shape index (κ3) is 6.64. The summed E-state index contributed by atoms with van der Waals surface area (Å²) in [5, 5.41) is 16.2. The first-order valence-corrected chi connectivity index (χ1v) is 19.1. The summed E-state index contributed by atoms with van der Waals surface area (Å²) in [6.45, 7) is 3.32. The topological polar surface area (TPSA) is 97.6 Å². The van der Waals surface area contributed by atoms with Crippen LogP contribution in [0.25, 0.3) is 22.2 Å². The number of amides is 2. The van der Waals surface area contributed by atoms with Crippen LogP contribution in [0.2, 0.25) is 0 Å². The van der Waals surface area contributed by atoms with Crippen LogP contribution in [-0.4, -0.2) is 32.3 Å². The standard InChI is InChI=1S/C44H48N4O4/c1-28-40(25-48-27-46-38-7-2-3-8-39(38)48)51-42(52-41(28)35-11-9-29(26-49)10-12-35)36-15-13-34(14-16-36)37-6-4-5-30(20-37)24-45-43(50)47-44-21-31-17-32(22-44)19-33(18-31)23-44/h2-16,20,27-28,31-33,40-42,49H,17-19,21-26H2,1H3,(H2,45,47,50)/t28-,31?,32?,33?,40+,41+,42+,44?/m0/s1. The molecule has 1 aliphatic heterocycles. The first-order chi connectivity index (χ1) is 25.4. The lowest BCUT2D eigenvalue weighted by atomic mass is 9.53. The molecule has 10 rings (SSSR count). The van der Waals surface area contributed by atoms with E-state index < -0.39 is 6.29 Å². The van der Waals surface area contributed by atoms with Crippen molar-refractivity contribution >= 4 is 17.1 Å². The van der Waals surface area contributed by atoms with Crippen LogP contribution in [0.4, 0.5) is 4.79 Å². The van der Waals surface area contributed by atoms with E-state index in [-0.39, 0.29) is 36.3 Å². The van der Waals surface area contributed by atoms with Gasteiger partial charge in [-0.25, -0.2) is 9.78 Å². The van der Waals surface area contributed by atoms with E-state index in [4.69, 9.17) is 9.47 Å². The SMILES string of the molecule is C[C@H]1[C@@H](Cn2cnc3ccccc32)O[C@@H](c2ccc(-c3cccc(CNC(=O)NC45CC6CC(CC(C6)C4)C5)c3)cc2)O[C@H]1c1ccc(CO)cc1. The van der Waals surface area contributed by atoms with E-state index in [1.54, 1.807) is 0 Å². The van der Waals surface area contributed by atoms with Crippen molar-refractivity contribution < 1.29 is 19.4 Å². The number of aromatic nitrogens is 2. The molecule has 4 aliphatic carbocycles. The average molecular weight is 697 g/mol. The molecule has 0 spiro atoms. The smallest absolute Gasteiger partial charge is 0.315 e. The summed E-state index contributed by atoms with van der Waals surface area (Å²) < 4.78 is 15.7. The number of imidazole rings is 1. The molecule has 4 bridgehead atoms. The summed E-state index contributed by atoms with van der Waals surface area (Å²) in [6, 6.07) is 33.0. The molecular weight excluding hydrogens is 649 g/mol. The zero-order valence-electron chi connectivity index (χ0n) is 29.8. The van der Waals surface area contributed by atoms with Gasteiger partial charge in [-0.1, -0.05) is 85.8 Å². The van der Waals surface area contributed by atoms with Crippen LogP contribution in [0.3, 0.4) is 0 Å². The van der Waals surface area contributed by atoms with Gasteiger partial charge >= 0.3 is 6.03 Å². The summed E-state index contributed by atoms with van der Waals surface area (Å²) in [6.07, 6.45) is 8.53. The molecule has 52 heavy (non-hydrogen) atoms. The Morgan fingerprint density at radius 2 is 1.54 bits per heavy atom. The molecule has 3 N–H and O–H groups in total. The maximum absolute atomic E-state index is 13.1. The second kappa shape index (κ2) is 13.8. The van der Waals surface area contributed by atoms with Crippen molar-refractivity contribution in [2.45, 2.75) is 89.2 Å². The molecule has 8 nitrogen and oxygen atoms in total. The van der Waals surface area contributed by atoms with E-state index >= 15 is 0 Å². The zero-order valence-corrected chi connectivity index (χ0v) is 29.8. The molecule has 4 saturated carbocycles. The predicted molar refractivity (Wildman–Crippen MR) is 201 cm³/mol. The van der Waals surface area contributed by atoms with Crippen molar-refractivity contribution in [1.29, 1.82) is 0 Å². The number of hydrogen-bond acceptors (Lipinski definition) is 5. The summed E-state index contributed by atoms with van der Waals surface area (Å²) >= 11 is 0. The van der Waals surface area contributed by atoms with Crippen molar-refractivity contribution in [2.75, 3.05) is 0 Å². The highest BCUT2D eigenvalue weighted by Crippen LogP contribution is 2.55. The number of benzene rings is 4. The third-order valence-electron chi connectivity index (χ3n) is 12.3. The van der Waals surface area contributed by atoms with Crippen molar-refractivity contribution in [1.82, 2.24) is 20.2 Å². The molecule has 2 amide bonds. The quantitative estimate of drug-likeness (QED) is 0.144. The maximum atomic E-state index is 13.1. The highest BCUT2D eigenvalue weighted by Gasteiger charge is 2.51.